The smallest absolute Gasteiger partial charge is 0.282 e. The molecule has 38 heavy (non-hydrogen) atoms. The Balaban J connectivity index is 0.000000308. The number of hydrogen-bond donors (Lipinski definition) is 1. The van der Waals surface area contributed by atoms with Crippen molar-refractivity contribution >= 4 is 40.2 Å². The maximum absolute atomic E-state index is 13.9. The largest absolute Gasteiger partial charge is 0.324 e. The summed E-state index contributed by atoms with van der Waals surface area (Å²) in [7, 11) is 0. The minimum Gasteiger partial charge on any atom is -0.324 e. The minimum atomic E-state index is -0.616. The van der Waals surface area contributed by atoms with E-state index in [1.54, 1.807) is 11.3 Å². The Bertz CT molecular complexity index is 1360. The normalized spacial score (nSPS) is 12.7. The van der Waals surface area contributed by atoms with Gasteiger partial charge >= 0.3 is 0 Å². The van der Waals surface area contributed by atoms with Crippen molar-refractivity contribution in [1.29, 1.82) is 5.41 Å². The molecule has 3 aromatic rings. The van der Waals surface area contributed by atoms with E-state index in [9.17, 15) is 9.18 Å². The topological polar surface area (TPSA) is 63.1 Å². The van der Waals surface area contributed by atoms with Gasteiger partial charge in [-0.3, -0.25) is 10.2 Å². The summed E-state index contributed by atoms with van der Waals surface area (Å²) < 4.78 is 17.9. The molecule has 0 saturated carbocycles. The number of benzene rings is 1. The lowest BCUT2D eigenvalue weighted by Gasteiger charge is -2.14. The van der Waals surface area contributed by atoms with Gasteiger partial charge in [0.15, 0.2) is 9.60 Å². The molecule has 1 aromatic carbocycles. The Labute approximate surface area is 239 Å². The van der Waals surface area contributed by atoms with Crippen LogP contribution in [0.3, 0.4) is 0 Å². The molecule has 2 heterocycles. The third kappa shape index (κ3) is 9.31. The number of hydrogen-bond acceptors (Lipinski definition) is 4. The fourth-order valence-electron chi connectivity index (χ4n) is 3.41. The maximum Gasteiger partial charge on any atom is 0.282 e. The van der Waals surface area contributed by atoms with Crippen molar-refractivity contribution in [3.05, 3.63) is 66.4 Å². The van der Waals surface area contributed by atoms with Crippen LogP contribution in [0.1, 0.15) is 89.3 Å². The lowest BCUT2D eigenvalue weighted by atomic mass is 9.95. The number of nitrogens with zero attached hydrogens (tertiary/aromatic N) is 3. The van der Waals surface area contributed by atoms with Crippen LogP contribution < -0.4 is 9.60 Å². The lowest BCUT2D eigenvalue weighted by Crippen LogP contribution is -2.19. The van der Waals surface area contributed by atoms with Gasteiger partial charge in [0.2, 0.25) is 0 Å². The first-order chi connectivity index (χ1) is 17.4. The first-order valence-electron chi connectivity index (χ1n) is 12.9. The summed E-state index contributed by atoms with van der Waals surface area (Å²) >= 11 is 8.92. The van der Waals surface area contributed by atoms with Crippen LogP contribution in [0.5, 0.6) is 0 Å². The highest BCUT2D eigenvalue weighted by atomic mass is 35.5. The highest BCUT2D eigenvalue weighted by Gasteiger charge is 2.20. The average molecular weight is 581 g/mol. The number of rotatable bonds is 5. The van der Waals surface area contributed by atoms with Crippen molar-refractivity contribution in [3.63, 3.8) is 0 Å². The molecule has 210 valence electrons. The van der Waals surface area contributed by atoms with E-state index in [2.05, 4.69) is 85.0 Å². The van der Waals surface area contributed by atoms with Crippen LogP contribution in [0.4, 0.5) is 4.39 Å². The molecule has 0 aliphatic heterocycles. The van der Waals surface area contributed by atoms with Crippen molar-refractivity contribution in [3.8, 4) is 0 Å². The van der Waals surface area contributed by atoms with Crippen LogP contribution in [0.15, 0.2) is 35.6 Å². The van der Waals surface area contributed by atoms with Gasteiger partial charge in [-0.15, -0.1) is 22.7 Å². The predicted molar refractivity (Wildman–Crippen MR) is 159 cm³/mol. The van der Waals surface area contributed by atoms with Gasteiger partial charge in [-0.05, 0) is 40.9 Å². The molecule has 2 aromatic heterocycles. The lowest BCUT2D eigenvalue weighted by molar-refractivity contribution is 0.0993. The second-order valence-corrected chi connectivity index (χ2v) is 14.9. The van der Waals surface area contributed by atoms with Crippen molar-refractivity contribution in [2.75, 3.05) is 0 Å². The second kappa shape index (κ2) is 12.9. The number of thiazole rings is 2. The number of halogens is 2. The second-order valence-electron chi connectivity index (χ2n) is 12.4. The Morgan fingerprint density at radius 1 is 0.947 bits per heavy atom. The third-order valence-electron chi connectivity index (χ3n) is 5.42. The summed E-state index contributed by atoms with van der Waals surface area (Å²) in [5, 5.41) is 8.16. The monoisotopic (exact) mass is 580 g/mol. The Morgan fingerprint density at radius 2 is 1.45 bits per heavy atom. The molecule has 1 amide bonds. The third-order valence-corrected chi connectivity index (χ3v) is 8.47. The number of carbonyl (C=O) groups is 1. The molecule has 0 saturated heterocycles. The molecule has 0 spiro atoms. The van der Waals surface area contributed by atoms with Gasteiger partial charge in [0.25, 0.3) is 5.91 Å². The number of nitrogens with one attached hydrogen (secondary N) is 1. The van der Waals surface area contributed by atoms with Crippen LogP contribution >= 0.6 is 34.3 Å². The molecule has 3 rings (SSSR count). The zero-order valence-electron chi connectivity index (χ0n) is 24.3. The zero-order valence-corrected chi connectivity index (χ0v) is 26.7. The van der Waals surface area contributed by atoms with Crippen LogP contribution in [0.2, 0.25) is 5.02 Å². The highest BCUT2D eigenvalue weighted by molar-refractivity contribution is 7.09. The van der Waals surface area contributed by atoms with E-state index in [1.165, 1.54) is 34.4 Å². The van der Waals surface area contributed by atoms with Gasteiger partial charge < -0.3 is 9.13 Å². The predicted octanol–water partition coefficient (Wildman–Crippen LogP) is 8.02. The van der Waals surface area contributed by atoms with Gasteiger partial charge in [-0.2, -0.15) is 4.99 Å². The average Bonchev–Trinajstić information content (AvgIpc) is 3.33. The SMILES string of the molecule is CC(C)Cn1cc(C(C)(C)C)sc1=N.CC(C)Cn1cc(C(C)(C)C)sc1=NC(=O)c1cc(Cl)ccc1F. The number of carbonyl (C=O) groups excluding carboxylic acids is 1. The summed E-state index contributed by atoms with van der Waals surface area (Å²) in [6.07, 6.45) is 4.16. The van der Waals surface area contributed by atoms with E-state index in [0.717, 1.165) is 18.0 Å². The first-order valence-corrected chi connectivity index (χ1v) is 14.9. The van der Waals surface area contributed by atoms with Crippen LogP contribution in [-0.4, -0.2) is 15.0 Å². The quantitative estimate of drug-likeness (QED) is 0.326. The molecule has 0 bridgehead atoms. The molecule has 9 heteroatoms. The molecular formula is C29H42ClFN4OS2. The van der Waals surface area contributed by atoms with Crippen molar-refractivity contribution < 1.29 is 9.18 Å². The maximum atomic E-state index is 13.9. The molecular weight excluding hydrogens is 539 g/mol. The Kier molecular flexibility index (Phi) is 10.9. The van der Waals surface area contributed by atoms with Gasteiger partial charge in [-0.25, -0.2) is 4.39 Å². The summed E-state index contributed by atoms with van der Waals surface area (Å²) in [5.41, 5.74) is 0.0221. The molecule has 1 N–H and O–H groups in total. The van der Waals surface area contributed by atoms with Gasteiger partial charge in [0.05, 0.1) is 5.56 Å². The molecule has 0 unspecified atom stereocenters. The minimum absolute atomic E-state index is 0.0402. The summed E-state index contributed by atoms with van der Waals surface area (Å²) in [6.45, 7) is 23.2. The van der Waals surface area contributed by atoms with Crippen molar-refractivity contribution in [1.82, 2.24) is 9.13 Å². The van der Waals surface area contributed by atoms with Crippen LogP contribution in [-0.2, 0) is 23.9 Å². The molecule has 0 aliphatic rings. The van der Waals surface area contributed by atoms with Gasteiger partial charge in [0, 0.05) is 40.3 Å². The standard InChI is InChI=1S/C18H22ClFN2OS.C11H20N2S/c1-11(2)9-22-10-15(18(3,4)5)24-17(22)21-16(23)13-8-12(19)6-7-14(13)20;1-8(2)6-13-7-9(11(3,4)5)14-10(13)12/h6-8,10-11H,9H2,1-5H3;7-8,12H,6H2,1-5H3. The summed E-state index contributed by atoms with van der Waals surface area (Å²) in [4.78, 5) is 20.2. The van der Waals surface area contributed by atoms with Crippen LogP contribution in [0, 0.1) is 23.1 Å². The molecule has 0 fully saturated rings. The first kappa shape index (κ1) is 32.2. The zero-order chi connectivity index (χ0) is 29.0. The summed E-state index contributed by atoms with van der Waals surface area (Å²) in [5.74, 6) is -0.220. The Hall–Kier alpha value is -2.03. The van der Waals surface area contributed by atoms with E-state index in [0.29, 0.717) is 26.5 Å². The summed E-state index contributed by atoms with van der Waals surface area (Å²) in [6, 6.07) is 3.91. The van der Waals surface area contributed by atoms with Crippen molar-refractivity contribution in [2.24, 2.45) is 16.8 Å². The Morgan fingerprint density at radius 3 is 1.95 bits per heavy atom. The molecule has 5 nitrogen and oxygen atoms in total. The van der Waals surface area contributed by atoms with Gasteiger partial charge in [-0.1, -0.05) is 80.8 Å². The fraction of sp³-hybridized carbons (Fsp3) is 0.552. The molecule has 0 aliphatic carbocycles. The van der Waals surface area contributed by atoms with Gasteiger partial charge in [0.1, 0.15) is 5.82 Å². The number of amides is 1. The van der Waals surface area contributed by atoms with E-state index >= 15 is 0 Å². The van der Waals surface area contributed by atoms with Crippen molar-refractivity contribution in [2.45, 2.75) is 93.2 Å². The molecule has 0 atom stereocenters. The fourth-order valence-corrected chi connectivity index (χ4v) is 5.58. The van der Waals surface area contributed by atoms with E-state index in [-0.39, 0.29) is 16.4 Å². The van der Waals surface area contributed by atoms with E-state index < -0.39 is 11.7 Å². The number of aromatic nitrogens is 2. The van der Waals surface area contributed by atoms with E-state index in [1.807, 2.05) is 10.8 Å². The molecule has 0 radical (unpaired) electrons. The highest BCUT2D eigenvalue weighted by Crippen LogP contribution is 2.25. The van der Waals surface area contributed by atoms with Crippen LogP contribution in [0.25, 0.3) is 0 Å². The van der Waals surface area contributed by atoms with E-state index in [4.69, 9.17) is 17.0 Å².